The van der Waals surface area contributed by atoms with Crippen LogP contribution >= 0.6 is 0 Å². The lowest BCUT2D eigenvalue weighted by Gasteiger charge is -2.21. The third kappa shape index (κ3) is 7.98. The number of aliphatic hydroxyl groups is 1. The molecule has 4 aromatic rings. The fourth-order valence-electron chi connectivity index (χ4n) is 4.06. The molecule has 4 rings (SSSR count). The molecule has 186 valence electrons. The molecule has 0 amide bonds. The Kier molecular flexibility index (Phi) is 9.54. The highest BCUT2D eigenvalue weighted by atomic mass is 16.5. The standard InChI is InChI=1S/C32H35NO3/c1-25(32(34)29-17-19-30(20-18-29)35-23-27-10-4-2-5-11-27)33-21-9-15-26-14-8-16-31(22-26)36-24-28-12-6-3-7-13-28/h2-8,10-14,16-20,22,25,32-34H,9,15,21,23-24H2,1H3. The first-order valence-electron chi connectivity index (χ1n) is 12.6. The maximum absolute atomic E-state index is 10.8. The van der Waals surface area contributed by atoms with Crippen molar-refractivity contribution < 1.29 is 14.6 Å². The highest BCUT2D eigenvalue weighted by Gasteiger charge is 2.15. The Labute approximate surface area is 214 Å². The summed E-state index contributed by atoms with van der Waals surface area (Å²) >= 11 is 0. The van der Waals surface area contributed by atoms with E-state index in [2.05, 4.69) is 29.6 Å². The van der Waals surface area contributed by atoms with Crippen molar-refractivity contribution in [2.24, 2.45) is 0 Å². The van der Waals surface area contributed by atoms with Crippen LogP contribution < -0.4 is 14.8 Å². The molecule has 0 heterocycles. The lowest BCUT2D eigenvalue weighted by Crippen LogP contribution is -2.33. The van der Waals surface area contributed by atoms with Crippen molar-refractivity contribution >= 4 is 0 Å². The zero-order chi connectivity index (χ0) is 25.0. The molecule has 36 heavy (non-hydrogen) atoms. The highest BCUT2D eigenvalue weighted by molar-refractivity contribution is 5.30. The van der Waals surface area contributed by atoms with Crippen LogP contribution in [0.25, 0.3) is 0 Å². The monoisotopic (exact) mass is 481 g/mol. The Morgan fingerprint density at radius 2 is 1.25 bits per heavy atom. The number of rotatable bonds is 13. The molecule has 0 aliphatic carbocycles. The van der Waals surface area contributed by atoms with Gasteiger partial charge in [-0.3, -0.25) is 0 Å². The van der Waals surface area contributed by atoms with Crippen molar-refractivity contribution in [1.29, 1.82) is 0 Å². The zero-order valence-electron chi connectivity index (χ0n) is 20.8. The summed E-state index contributed by atoms with van der Waals surface area (Å²) in [7, 11) is 0. The lowest BCUT2D eigenvalue weighted by atomic mass is 10.0. The normalized spacial score (nSPS) is 12.6. The number of benzene rings is 4. The second kappa shape index (κ2) is 13.5. The van der Waals surface area contributed by atoms with Gasteiger partial charge in [-0.1, -0.05) is 84.9 Å². The molecule has 0 aromatic heterocycles. The van der Waals surface area contributed by atoms with Gasteiger partial charge in [0.05, 0.1) is 6.10 Å². The predicted molar refractivity (Wildman–Crippen MR) is 145 cm³/mol. The van der Waals surface area contributed by atoms with Crippen molar-refractivity contribution in [3.63, 3.8) is 0 Å². The second-order valence-electron chi connectivity index (χ2n) is 9.06. The molecule has 2 N–H and O–H groups in total. The molecule has 0 fully saturated rings. The molecule has 2 atom stereocenters. The van der Waals surface area contributed by atoms with E-state index in [4.69, 9.17) is 9.47 Å². The highest BCUT2D eigenvalue weighted by Crippen LogP contribution is 2.21. The summed E-state index contributed by atoms with van der Waals surface area (Å²) in [6.45, 7) is 3.94. The van der Waals surface area contributed by atoms with E-state index < -0.39 is 6.10 Å². The van der Waals surface area contributed by atoms with Gasteiger partial charge in [0.2, 0.25) is 0 Å². The summed E-state index contributed by atoms with van der Waals surface area (Å²) in [5.74, 6) is 1.69. The Morgan fingerprint density at radius 3 is 1.89 bits per heavy atom. The SMILES string of the molecule is CC(NCCCc1cccc(OCc2ccccc2)c1)C(O)c1ccc(OCc2ccccc2)cc1. The Morgan fingerprint density at radius 1 is 0.667 bits per heavy atom. The van der Waals surface area contributed by atoms with Crippen LogP contribution in [0.3, 0.4) is 0 Å². The van der Waals surface area contributed by atoms with Crippen molar-refractivity contribution in [3.8, 4) is 11.5 Å². The average molecular weight is 482 g/mol. The van der Waals surface area contributed by atoms with Gasteiger partial charge in [0, 0.05) is 6.04 Å². The summed E-state index contributed by atoms with van der Waals surface area (Å²) in [5.41, 5.74) is 4.42. The topological polar surface area (TPSA) is 50.7 Å². The number of hydrogen-bond donors (Lipinski definition) is 2. The summed E-state index contributed by atoms with van der Waals surface area (Å²) in [6, 6.07) is 36.2. The van der Waals surface area contributed by atoms with E-state index >= 15 is 0 Å². The molecule has 0 spiro atoms. The van der Waals surface area contributed by atoms with Crippen molar-refractivity contribution in [2.75, 3.05) is 6.54 Å². The van der Waals surface area contributed by atoms with Crippen LogP contribution in [0.1, 0.15) is 41.7 Å². The van der Waals surface area contributed by atoms with E-state index in [0.29, 0.717) is 13.2 Å². The number of nitrogens with one attached hydrogen (secondary N) is 1. The van der Waals surface area contributed by atoms with Gasteiger partial charge in [0.15, 0.2) is 0 Å². The van der Waals surface area contributed by atoms with Crippen LogP contribution in [0, 0.1) is 0 Å². The quantitative estimate of drug-likeness (QED) is 0.214. The van der Waals surface area contributed by atoms with Gasteiger partial charge in [0.1, 0.15) is 24.7 Å². The van der Waals surface area contributed by atoms with Crippen LogP contribution in [0.2, 0.25) is 0 Å². The number of hydrogen-bond acceptors (Lipinski definition) is 4. The van der Waals surface area contributed by atoms with Crippen LogP contribution in [-0.4, -0.2) is 17.7 Å². The molecule has 4 aromatic carbocycles. The molecule has 0 radical (unpaired) electrons. The lowest BCUT2D eigenvalue weighted by molar-refractivity contribution is 0.136. The van der Waals surface area contributed by atoms with Gasteiger partial charge >= 0.3 is 0 Å². The zero-order valence-corrected chi connectivity index (χ0v) is 20.8. The average Bonchev–Trinajstić information content (AvgIpc) is 2.94. The van der Waals surface area contributed by atoms with E-state index in [1.807, 2.05) is 91.9 Å². The van der Waals surface area contributed by atoms with E-state index in [1.54, 1.807) is 0 Å². The van der Waals surface area contributed by atoms with Gasteiger partial charge in [-0.05, 0) is 72.8 Å². The van der Waals surface area contributed by atoms with Crippen LogP contribution in [0.15, 0.2) is 109 Å². The summed E-state index contributed by atoms with van der Waals surface area (Å²) in [6.07, 6.45) is 1.35. The van der Waals surface area contributed by atoms with Crippen molar-refractivity contribution in [3.05, 3.63) is 131 Å². The summed E-state index contributed by atoms with van der Waals surface area (Å²) < 4.78 is 11.8. The molecule has 0 aliphatic heterocycles. The largest absolute Gasteiger partial charge is 0.489 e. The Hall–Kier alpha value is -3.60. The molecule has 0 saturated carbocycles. The molecule has 4 heteroatoms. The van der Waals surface area contributed by atoms with E-state index in [0.717, 1.165) is 47.6 Å². The summed E-state index contributed by atoms with van der Waals surface area (Å²) in [4.78, 5) is 0. The molecule has 0 saturated heterocycles. The molecule has 2 unspecified atom stereocenters. The van der Waals surface area contributed by atoms with E-state index in [-0.39, 0.29) is 6.04 Å². The first-order valence-corrected chi connectivity index (χ1v) is 12.6. The number of aliphatic hydroxyl groups excluding tert-OH is 1. The molecule has 0 aliphatic rings. The van der Waals surface area contributed by atoms with Gasteiger partial charge in [-0.25, -0.2) is 0 Å². The minimum absolute atomic E-state index is 0.0540. The minimum Gasteiger partial charge on any atom is -0.489 e. The molecular weight excluding hydrogens is 446 g/mol. The second-order valence-corrected chi connectivity index (χ2v) is 9.06. The third-order valence-electron chi connectivity index (χ3n) is 6.20. The van der Waals surface area contributed by atoms with Gasteiger partial charge < -0.3 is 19.9 Å². The van der Waals surface area contributed by atoms with Crippen molar-refractivity contribution in [1.82, 2.24) is 5.32 Å². The maximum atomic E-state index is 10.8. The van der Waals surface area contributed by atoms with E-state index in [1.165, 1.54) is 5.56 Å². The van der Waals surface area contributed by atoms with Crippen molar-refractivity contribution in [2.45, 2.75) is 45.1 Å². The molecule has 4 nitrogen and oxygen atoms in total. The molecule has 0 bridgehead atoms. The van der Waals surface area contributed by atoms with Crippen LogP contribution in [0.5, 0.6) is 11.5 Å². The fraction of sp³-hybridized carbons (Fsp3) is 0.250. The van der Waals surface area contributed by atoms with Crippen LogP contribution in [0.4, 0.5) is 0 Å². The molecular formula is C32H35NO3. The first-order chi connectivity index (χ1) is 17.7. The Bertz CT molecular complexity index is 1160. The number of ether oxygens (including phenoxy) is 2. The maximum Gasteiger partial charge on any atom is 0.120 e. The summed E-state index contributed by atoms with van der Waals surface area (Å²) in [5, 5.41) is 14.2. The Balaban J connectivity index is 1.17. The van der Waals surface area contributed by atoms with Gasteiger partial charge in [-0.2, -0.15) is 0 Å². The fourth-order valence-corrected chi connectivity index (χ4v) is 4.06. The predicted octanol–water partition coefficient (Wildman–Crippen LogP) is 6.49. The minimum atomic E-state index is -0.581. The third-order valence-corrected chi connectivity index (χ3v) is 6.20. The number of aryl methyl sites for hydroxylation is 1. The van der Waals surface area contributed by atoms with Gasteiger partial charge in [-0.15, -0.1) is 0 Å². The first kappa shape index (κ1) is 25.5. The van der Waals surface area contributed by atoms with Crippen LogP contribution in [-0.2, 0) is 19.6 Å². The smallest absolute Gasteiger partial charge is 0.120 e. The van der Waals surface area contributed by atoms with E-state index in [9.17, 15) is 5.11 Å². The van der Waals surface area contributed by atoms with Gasteiger partial charge in [0.25, 0.3) is 0 Å².